The Hall–Kier alpha value is -2.38. The summed E-state index contributed by atoms with van der Waals surface area (Å²) < 4.78 is 1.37. The van der Waals surface area contributed by atoms with Crippen molar-refractivity contribution >= 4 is 17.8 Å². The van der Waals surface area contributed by atoms with Crippen molar-refractivity contribution in [3.63, 3.8) is 0 Å². The van der Waals surface area contributed by atoms with Crippen molar-refractivity contribution in [2.24, 2.45) is 7.05 Å². The number of nitrogens with zero attached hydrogens (tertiary/aromatic N) is 3. The number of hydrogen-bond acceptors (Lipinski definition) is 4. The Morgan fingerprint density at radius 1 is 1.29 bits per heavy atom. The minimum absolute atomic E-state index is 0.00926. The zero-order valence-corrected chi connectivity index (χ0v) is 9.03. The van der Waals surface area contributed by atoms with Crippen molar-refractivity contribution in [3.8, 4) is 0 Å². The second kappa shape index (κ2) is 5.10. The molecule has 0 atom stereocenters. The van der Waals surface area contributed by atoms with Gasteiger partial charge in [-0.15, -0.1) is 0 Å². The quantitative estimate of drug-likeness (QED) is 0.685. The van der Waals surface area contributed by atoms with Crippen LogP contribution in [-0.4, -0.2) is 55.8 Å². The number of rotatable bonds is 5. The minimum atomic E-state index is -1.28. The fourth-order valence-corrected chi connectivity index (χ4v) is 1.22. The van der Waals surface area contributed by atoms with Crippen molar-refractivity contribution in [2.75, 3.05) is 13.1 Å². The summed E-state index contributed by atoms with van der Waals surface area (Å²) in [6.45, 7) is -1.36. The third kappa shape index (κ3) is 3.59. The maximum Gasteiger partial charge on any atom is 0.323 e. The molecule has 8 heteroatoms. The molecule has 92 valence electrons. The lowest BCUT2D eigenvalue weighted by molar-refractivity contribution is -0.140. The van der Waals surface area contributed by atoms with Crippen LogP contribution in [0.15, 0.2) is 12.3 Å². The van der Waals surface area contributed by atoms with E-state index in [0.29, 0.717) is 4.90 Å². The van der Waals surface area contributed by atoms with Gasteiger partial charge in [0, 0.05) is 13.2 Å². The lowest BCUT2D eigenvalue weighted by atomic mass is 10.3. The molecule has 0 unspecified atom stereocenters. The van der Waals surface area contributed by atoms with Crippen LogP contribution in [0.1, 0.15) is 10.5 Å². The number of carboxylic acid groups (broad SMARTS) is 2. The van der Waals surface area contributed by atoms with E-state index in [1.807, 2.05) is 0 Å². The fraction of sp³-hybridized carbons (Fsp3) is 0.333. The molecule has 8 nitrogen and oxygen atoms in total. The van der Waals surface area contributed by atoms with E-state index < -0.39 is 30.9 Å². The van der Waals surface area contributed by atoms with E-state index in [4.69, 9.17) is 10.2 Å². The summed E-state index contributed by atoms with van der Waals surface area (Å²) in [5.74, 6) is -3.29. The third-order valence-corrected chi connectivity index (χ3v) is 1.87. The molecule has 0 spiro atoms. The number of carboxylic acids is 2. The second-order valence-corrected chi connectivity index (χ2v) is 3.32. The Morgan fingerprint density at radius 3 is 2.18 bits per heavy atom. The number of aryl methyl sites for hydroxylation is 1. The summed E-state index contributed by atoms with van der Waals surface area (Å²) in [5, 5.41) is 21.0. The molecule has 1 aromatic heterocycles. The SMILES string of the molecule is Cn1ccc(C(=O)N(CC(=O)O)CC(=O)O)n1. The van der Waals surface area contributed by atoms with Gasteiger partial charge in [-0.3, -0.25) is 19.1 Å². The van der Waals surface area contributed by atoms with Gasteiger partial charge in [0.1, 0.15) is 18.8 Å². The van der Waals surface area contributed by atoms with Crippen molar-refractivity contribution in [2.45, 2.75) is 0 Å². The van der Waals surface area contributed by atoms with Gasteiger partial charge in [-0.2, -0.15) is 5.10 Å². The van der Waals surface area contributed by atoms with Gasteiger partial charge in [-0.05, 0) is 6.07 Å². The number of aromatic nitrogens is 2. The van der Waals surface area contributed by atoms with Crippen LogP contribution in [0.5, 0.6) is 0 Å². The summed E-state index contributed by atoms with van der Waals surface area (Å²) in [6, 6.07) is 1.39. The Labute approximate surface area is 96.1 Å². The lowest BCUT2D eigenvalue weighted by Gasteiger charge is -2.16. The average molecular weight is 241 g/mol. The van der Waals surface area contributed by atoms with Crippen LogP contribution in [-0.2, 0) is 16.6 Å². The molecule has 0 bridgehead atoms. The molecule has 1 heterocycles. The fourth-order valence-electron chi connectivity index (χ4n) is 1.22. The molecule has 1 aromatic rings. The Bertz CT molecular complexity index is 437. The van der Waals surface area contributed by atoms with Gasteiger partial charge in [0.05, 0.1) is 0 Å². The monoisotopic (exact) mass is 241 g/mol. The predicted octanol–water partition coefficient (Wildman–Crippen LogP) is -0.968. The highest BCUT2D eigenvalue weighted by atomic mass is 16.4. The predicted molar refractivity (Wildman–Crippen MR) is 54.4 cm³/mol. The third-order valence-electron chi connectivity index (χ3n) is 1.87. The van der Waals surface area contributed by atoms with Crippen molar-refractivity contribution in [1.82, 2.24) is 14.7 Å². The lowest BCUT2D eigenvalue weighted by Crippen LogP contribution is -2.39. The molecule has 2 N–H and O–H groups in total. The molecule has 0 saturated heterocycles. The smallest absolute Gasteiger partial charge is 0.323 e. The van der Waals surface area contributed by atoms with Crippen LogP contribution in [0.3, 0.4) is 0 Å². The molecule has 1 amide bonds. The van der Waals surface area contributed by atoms with E-state index in [1.165, 1.54) is 16.9 Å². The summed E-state index contributed by atoms with van der Waals surface area (Å²) in [4.78, 5) is 33.5. The number of hydrogen-bond donors (Lipinski definition) is 2. The Morgan fingerprint density at radius 2 is 1.82 bits per heavy atom. The van der Waals surface area contributed by atoms with Crippen molar-refractivity contribution < 1.29 is 24.6 Å². The first-order chi connectivity index (χ1) is 7.90. The van der Waals surface area contributed by atoms with E-state index in [1.54, 1.807) is 7.05 Å². The number of amides is 1. The zero-order valence-electron chi connectivity index (χ0n) is 9.03. The van der Waals surface area contributed by atoms with Crippen LogP contribution >= 0.6 is 0 Å². The van der Waals surface area contributed by atoms with Gasteiger partial charge in [0.25, 0.3) is 5.91 Å². The summed E-state index contributed by atoms with van der Waals surface area (Å²) in [5.41, 5.74) is 0.00926. The summed E-state index contributed by atoms with van der Waals surface area (Å²) in [7, 11) is 1.59. The van der Waals surface area contributed by atoms with Gasteiger partial charge in [-0.25, -0.2) is 0 Å². The van der Waals surface area contributed by atoms with Gasteiger partial charge < -0.3 is 15.1 Å². The van der Waals surface area contributed by atoms with Crippen molar-refractivity contribution in [1.29, 1.82) is 0 Å². The normalized spacial score (nSPS) is 9.94. The highest BCUT2D eigenvalue weighted by Gasteiger charge is 2.22. The van der Waals surface area contributed by atoms with E-state index in [2.05, 4.69) is 5.10 Å². The number of carbonyl (C=O) groups excluding carboxylic acids is 1. The van der Waals surface area contributed by atoms with E-state index >= 15 is 0 Å². The van der Waals surface area contributed by atoms with Crippen LogP contribution in [0, 0.1) is 0 Å². The minimum Gasteiger partial charge on any atom is -0.480 e. The maximum atomic E-state index is 11.8. The molecule has 0 aliphatic carbocycles. The van der Waals surface area contributed by atoms with E-state index in [-0.39, 0.29) is 5.69 Å². The second-order valence-electron chi connectivity index (χ2n) is 3.32. The van der Waals surface area contributed by atoms with Gasteiger partial charge in [0.2, 0.25) is 0 Å². The topological polar surface area (TPSA) is 113 Å². The molecule has 0 radical (unpaired) electrons. The molecule has 0 saturated carbocycles. The molecule has 0 aromatic carbocycles. The van der Waals surface area contributed by atoms with Crippen LogP contribution < -0.4 is 0 Å². The van der Waals surface area contributed by atoms with Crippen LogP contribution in [0.2, 0.25) is 0 Å². The van der Waals surface area contributed by atoms with Gasteiger partial charge in [-0.1, -0.05) is 0 Å². The standard InChI is InChI=1S/C9H11N3O5/c1-11-3-2-6(10-11)9(17)12(4-7(13)14)5-8(15)16/h2-3H,4-5H2,1H3,(H,13,14)(H,15,16). The first-order valence-electron chi connectivity index (χ1n) is 4.62. The molecular formula is C9H11N3O5. The van der Waals surface area contributed by atoms with Crippen molar-refractivity contribution in [3.05, 3.63) is 18.0 Å². The van der Waals surface area contributed by atoms with E-state index in [0.717, 1.165) is 0 Å². The van der Waals surface area contributed by atoms with Crippen LogP contribution in [0.25, 0.3) is 0 Å². The highest BCUT2D eigenvalue weighted by molar-refractivity contribution is 5.95. The average Bonchev–Trinajstić information content (AvgIpc) is 2.61. The van der Waals surface area contributed by atoms with Crippen LogP contribution in [0.4, 0.5) is 0 Å². The molecule has 1 rings (SSSR count). The summed E-state index contributed by atoms with van der Waals surface area (Å²) >= 11 is 0. The van der Waals surface area contributed by atoms with Gasteiger partial charge in [0.15, 0.2) is 0 Å². The molecule has 17 heavy (non-hydrogen) atoms. The summed E-state index contributed by atoms with van der Waals surface area (Å²) in [6.07, 6.45) is 1.51. The zero-order chi connectivity index (χ0) is 13.0. The molecular weight excluding hydrogens is 230 g/mol. The maximum absolute atomic E-state index is 11.8. The largest absolute Gasteiger partial charge is 0.480 e. The molecule has 0 aliphatic rings. The first kappa shape index (κ1) is 12.7. The van der Waals surface area contributed by atoms with Gasteiger partial charge >= 0.3 is 11.9 Å². The number of carbonyl (C=O) groups is 3. The highest BCUT2D eigenvalue weighted by Crippen LogP contribution is 2.01. The van der Waals surface area contributed by atoms with E-state index in [9.17, 15) is 14.4 Å². The molecule has 0 fully saturated rings. The molecule has 0 aliphatic heterocycles. The Balaban J connectivity index is 2.85. The number of aliphatic carboxylic acids is 2. The first-order valence-corrected chi connectivity index (χ1v) is 4.62. The Kier molecular flexibility index (Phi) is 3.81.